The van der Waals surface area contributed by atoms with Crippen molar-refractivity contribution in [3.05, 3.63) is 40.6 Å². The van der Waals surface area contributed by atoms with Gasteiger partial charge >= 0.3 is 0 Å². The molecule has 3 aromatic rings. The van der Waals surface area contributed by atoms with E-state index in [9.17, 15) is 5.11 Å². The van der Waals surface area contributed by atoms with Crippen LogP contribution in [0.1, 0.15) is 16.8 Å². The van der Waals surface area contributed by atoms with Crippen molar-refractivity contribution >= 4 is 32.1 Å². The summed E-state index contributed by atoms with van der Waals surface area (Å²) in [6.07, 6.45) is 2.92. The van der Waals surface area contributed by atoms with E-state index in [4.69, 9.17) is 0 Å². The van der Waals surface area contributed by atoms with Crippen LogP contribution in [0.25, 0.3) is 9.40 Å². The minimum atomic E-state index is -0.621. The Labute approximate surface area is 101 Å². The van der Waals surface area contributed by atoms with Gasteiger partial charge in [0.2, 0.25) is 0 Å². The zero-order chi connectivity index (χ0) is 11.1. The van der Waals surface area contributed by atoms with Crippen molar-refractivity contribution < 1.29 is 5.11 Å². The topological polar surface area (TPSA) is 38.0 Å². The van der Waals surface area contributed by atoms with Gasteiger partial charge in [-0.3, -0.25) is 0 Å². The molecule has 0 aliphatic heterocycles. The lowest BCUT2D eigenvalue weighted by Gasteiger charge is -2.07. The fourth-order valence-electron chi connectivity index (χ4n) is 1.69. The summed E-state index contributed by atoms with van der Waals surface area (Å²) < 4.78 is 4.31. The molecule has 0 aliphatic rings. The molecule has 5 heteroatoms. The molecule has 0 aromatic carbocycles. The molecule has 3 aromatic heterocycles. The SMILES string of the molecule is Cn1ccnc1C(O)c1cc2sccc2s1. The molecule has 1 unspecified atom stereocenters. The fraction of sp³-hybridized carbons (Fsp3) is 0.182. The molecule has 0 spiro atoms. The number of aliphatic hydroxyl groups excluding tert-OH is 1. The molecule has 0 bridgehead atoms. The maximum atomic E-state index is 10.2. The molecule has 1 atom stereocenters. The van der Waals surface area contributed by atoms with E-state index in [1.165, 1.54) is 9.40 Å². The highest BCUT2D eigenvalue weighted by Crippen LogP contribution is 2.35. The molecule has 3 heterocycles. The number of aryl methyl sites for hydroxylation is 1. The zero-order valence-corrected chi connectivity index (χ0v) is 10.3. The Morgan fingerprint density at radius 3 is 3.00 bits per heavy atom. The van der Waals surface area contributed by atoms with E-state index in [2.05, 4.69) is 16.4 Å². The van der Waals surface area contributed by atoms with Crippen LogP contribution in [0, 0.1) is 0 Å². The number of aromatic nitrogens is 2. The summed E-state index contributed by atoms with van der Waals surface area (Å²) in [5.41, 5.74) is 0. The average Bonchev–Trinajstić information content (AvgIpc) is 2.89. The number of rotatable bonds is 2. The molecule has 0 aliphatic carbocycles. The molecule has 1 N–H and O–H groups in total. The van der Waals surface area contributed by atoms with Crippen molar-refractivity contribution in [3.8, 4) is 0 Å². The standard InChI is InChI=1S/C11H10N2OS2/c1-13-4-3-12-11(13)10(14)9-6-8-7(16-9)2-5-15-8/h2-6,10,14H,1H3. The van der Waals surface area contributed by atoms with E-state index in [1.807, 2.05) is 23.9 Å². The molecule has 0 fully saturated rings. The van der Waals surface area contributed by atoms with E-state index >= 15 is 0 Å². The number of thiophene rings is 2. The summed E-state index contributed by atoms with van der Waals surface area (Å²) in [5, 5.41) is 12.3. The Bertz CT molecular complexity index is 594. The summed E-state index contributed by atoms with van der Waals surface area (Å²) in [4.78, 5) is 5.12. The highest BCUT2D eigenvalue weighted by atomic mass is 32.1. The smallest absolute Gasteiger partial charge is 0.146 e. The van der Waals surface area contributed by atoms with E-state index in [0.717, 1.165) is 4.88 Å². The predicted octanol–water partition coefficient (Wildman–Crippen LogP) is 2.78. The molecule has 3 rings (SSSR count). The second-order valence-corrected chi connectivity index (χ2v) is 5.66. The fourth-order valence-corrected chi connectivity index (χ4v) is 3.79. The van der Waals surface area contributed by atoms with Crippen LogP contribution in [0.2, 0.25) is 0 Å². The molecule has 3 nitrogen and oxygen atoms in total. The Morgan fingerprint density at radius 1 is 1.44 bits per heavy atom. The van der Waals surface area contributed by atoms with Gasteiger partial charge in [-0.1, -0.05) is 0 Å². The number of imidazole rings is 1. The van der Waals surface area contributed by atoms with Gasteiger partial charge in [0.25, 0.3) is 0 Å². The van der Waals surface area contributed by atoms with Gasteiger partial charge in [0.1, 0.15) is 11.9 Å². The first-order valence-corrected chi connectivity index (χ1v) is 6.57. The first kappa shape index (κ1) is 10.0. The third-order valence-electron chi connectivity index (χ3n) is 2.53. The van der Waals surface area contributed by atoms with Gasteiger partial charge in [-0.2, -0.15) is 0 Å². The number of fused-ring (bicyclic) bond motifs is 1. The van der Waals surface area contributed by atoms with Crippen LogP contribution < -0.4 is 0 Å². The lowest BCUT2D eigenvalue weighted by atomic mass is 10.3. The normalized spacial score (nSPS) is 13.4. The number of hydrogen-bond donors (Lipinski definition) is 1. The van der Waals surface area contributed by atoms with Crippen LogP contribution in [0.4, 0.5) is 0 Å². The van der Waals surface area contributed by atoms with Crippen molar-refractivity contribution in [2.24, 2.45) is 7.05 Å². The largest absolute Gasteiger partial charge is 0.380 e. The second-order valence-electron chi connectivity index (χ2n) is 3.60. The first-order valence-electron chi connectivity index (χ1n) is 4.88. The van der Waals surface area contributed by atoms with Crippen LogP contribution in [-0.4, -0.2) is 14.7 Å². The molecule has 0 saturated heterocycles. The van der Waals surface area contributed by atoms with Crippen LogP contribution in [0.15, 0.2) is 29.9 Å². The molecule has 82 valence electrons. The van der Waals surface area contributed by atoms with Crippen molar-refractivity contribution in [1.29, 1.82) is 0 Å². The monoisotopic (exact) mass is 250 g/mol. The summed E-state index contributed by atoms with van der Waals surface area (Å²) in [5.74, 6) is 0.689. The van der Waals surface area contributed by atoms with Gasteiger partial charge in [0.05, 0.1) is 0 Å². The minimum absolute atomic E-state index is 0.621. The third-order valence-corrected chi connectivity index (χ3v) is 4.68. The van der Waals surface area contributed by atoms with Gasteiger partial charge in [-0.15, -0.1) is 22.7 Å². The molecule has 0 amide bonds. The maximum absolute atomic E-state index is 10.2. The summed E-state index contributed by atoms with van der Waals surface area (Å²) in [6, 6.07) is 4.13. The van der Waals surface area contributed by atoms with Crippen LogP contribution in [0.3, 0.4) is 0 Å². The van der Waals surface area contributed by atoms with Gasteiger partial charge in [-0.05, 0) is 17.5 Å². The van der Waals surface area contributed by atoms with E-state index < -0.39 is 6.10 Å². The molecular weight excluding hydrogens is 240 g/mol. The highest BCUT2D eigenvalue weighted by molar-refractivity contribution is 7.26. The summed E-state index contributed by atoms with van der Waals surface area (Å²) in [6.45, 7) is 0. The van der Waals surface area contributed by atoms with E-state index in [-0.39, 0.29) is 0 Å². The van der Waals surface area contributed by atoms with Crippen molar-refractivity contribution in [3.63, 3.8) is 0 Å². The average molecular weight is 250 g/mol. The van der Waals surface area contributed by atoms with Crippen molar-refractivity contribution in [2.75, 3.05) is 0 Å². The van der Waals surface area contributed by atoms with E-state index in [0.29, 0.717) is 5.82 Å². The van der Waals surface area contributed by atoms with Crippen molar-refractivity contribution in [2.45, 2.75) is 6.10 Å². The zero-order valence-electron chi connectivity index (χ0n) is 8.62. The predicted molar refractivity (Wildman–Crippen MR) is 67.0 cm³/mol. The van der Waals surface area contributed by atoms with Gasteiger partial charge < -0.3 is 9.67 Å². The lowest BCUT2D eigenvalue weighted by Crippen LogP contribution is -2.05. The molecule has 16 heavy (non-hydrogen) atoms. The third kappa shape index (κ3) is 1.48. The number of nitrogens with zero attached hydrogens (tertiary/aromatic N) is 2. The van der Waals surface area contributed by atoms with Gasteiger partial charge in [-0.25, -0.2) is 4.98 Å². The van der Waals surface area contributed by atoms with Crippen LogP contribution in [-0.2, 0) is 7.05 Å². The van der Waals surface area contributed by atoms with Crippen molar-refractivity contribution in [1.82, 2.24) is 9.55 Å². The Balaban J connectivity index is 2.04. The van der Waals surface area contributed by atoms with Crippen LogP contribution in [0.5, 0.6) is 0 Å². The first-order chi connectivity index (χ1) is 7.75. The summed E-state index contributed by atoms with van der Waals surface area (Å²) in [7, 11) is 1.89. The quantitative estimate of drug-likeness (QED) is 0.759. The Kier molecular flexibility index (Phi) is 2.31. The van der Waals surface area contributed by atoms with Crippen LogP contribution >= 0.6 is 22.7 Å². The minimum Gasteiger partial charge on any atom is -0.380 e. The van der Waals surface area contributed by atoms with E-state index in [1.54, 1.807) is 28.9 Å². The molecule has 0 radical (unpaired) electrons. The number of aliphatic hydroxyl groups is 1. The molecule has 0 saturated carbocycles. The lowest BCUT2D eigenvalue weighted by molar-refractivity contribution is 0.210. The second kappa shape index (κ2) is 3.69. The molecular formula is C11H10N2OS2. The number of hydrogen-bond acceptors (Lipinski definition) is 4. The highest BCUT2D eigenvalue weighted by Gasteiger charge is 2.17. The van der Waals surface area contributed by atoms with Gasteiger partial charge in [0.15, 0.2) is 0 Å². The maximum Gasteiger partial charge on any atom is 0.146 e. The van der Waals surface area contributed by atoms with Gasteiger partial charge in [0, 0.05) is 33.7 Å². The summed E-state index contributed by atoms with van der Waals surface area (Å²) >= 11 is 3.33. The Hall–Kier alpha value is -1.17. The Morgan fingerprint density at radius 2 is 2.31 bits per heavy atom.